The Labute approximate surface area is 270 Å². The minimum absolute atomic E-state index is 1.13. The first-order valence-electron chi connectivity index (χ1n) is 15.2. The van der Waals surface area contributed by atoms with Crippen LogP contribution in [0.15, 0.2) is 208 Å². The van der Waals surface area contributed by atoms with Crippen molar-refractivity contribution in [3.8, 4) is 0 Å². The van der Waals surface area contributed by atoms with E-state index in [1.54, 1.807) is 0 Å². The van der Waals surface area contributed by atoms with Crippen LogP contribution in [-0.2, 0) is 0 Å². The summed E-state index contributed by atoms with van der Waals surface area (Å²) in [6, 6.07) is 68.6. The summed E-state index contributed by atoms with van der Waals surface area (Å²) in [7, 11) is -1.74. The van der Waals surface area contributed by atoms with Crippen molar-refractivity contribution >= 4 is 58.6 Å². The van der Waals surface area contributed by atoms with E-state index < -0.39 is 10.0 Å². The summed E-state index contributed by atoms with van der Waals surface area (Å²) in [5.74, 6) is 0. The highest BCUT2D eigenvalue weighted by atomic mass is 32.3. The van der Waals surface area contributed by atoms with Crippen LogP contribution in [0.5, 0.6) is 0 Å². The number of benzene rings is 7. The lowest BCUT2D eigenvalue weighted by molar-refractivity contribution is 1.23. The third-order valence-electron chi connectivity index (χ3n) is 8.37. The number of hydrogen-bond donors (Lipinski definition) is 0. The molecule has 1 heterocycles. The average Bonchev–Trinajstić information content (AvgIpc) is 3.49. The van der Waals surface area contributed by atoms with Crippen molar-refractivity contribution in [2.75, 3.05) is 4.90 Å². The molecule has 0 spiro atoms. The Bertz CT molecular complexity index is 2090. The molecule has 216 valence electrons. The second-order valence-corrected chi connectivity index (χ2v) is 15.2. The maximum Gasteiger partial charge on any atom is 0.0476 e. The molecule has 0 N–H and O–H groups in total. The minimum Gasteiger partial charge on any atom is -0.310 e. The van der Waals surface area contributed by atoms with E-state index in [1.807, 2.05) is 11.3 Å². The van der Waals surface area contributed by atoms with Crippen LogP contribution in [0, 0.1) is 0 Å². The lowest BCUT2D eigenvalue weighted by atomic mass is 10.1. The number of thiophene rings is 1. The molecular weight excluding hydrogens is 583 g/mol. The van der Waals surface area contributed by atoms with E-state index in [4.69, 9.17) is 0 Å². The first-order chi connectivity index (χ1) is 22.3. The molecule has 0 radical (unpaired) electrons. The van der Waals surface area contributed by atoms with Crippen LogP contribution in [0.2, 0.25) is 0 Å². The molecule has 0 unspecified atom stereocenters. The zero-order chi connectivity index (χ0) is 30.1. The molecule has 0 saturated carbocycles. The van der Waals surface area contributed by atoms with Crippen molar-refractivity contribution in [2.45, 2.75) is 19.6 Å². The van der Waals surface area contributed by atoms with Crippen LogP contribution in [0.25, 0.3) is 20.2 Å². The number of anilines is 3. The lowest BCUT2D eigenvalue weighted by Crippen LogP contribution is -2.10. The summed E-state index contributed by atoms with van der Waals surface area (Å²) >= 11 is 1.86. The van der Waals surface area contributed by atoms with Crippen LogP contribution in [-0.4, -0.2) is 0 Å². The molecule has 8 aromatic rings. The van der Waals surface area contributed by atoms with E-state index in [9.17, 15) is 0 Å². The molecule has 3 heteroatoms. The predicted octanol–water partition coefficient (Wildman–Crippen LogP) is 12.9. The normalized spacial score (nSPS) is 11.9. The van der Waals surface area contributed by atoms with Gasteiger partial charge in [-0.25, -0.2) is 0 Å². The smallest absolute Gasteiger partial charge is 0.0476 e. The van der Waals surface area contributed by atoms with Crippen LogP contribution < -0.4 is 4.90 Å². The van der Waals surface area contributed by atoms with Crippen LogP contribution in [0.1, 0.15) is 0 Å². The summed E-state index contributed by atoms with van der Waals surface area (Å²) in [5, 5.41) is 2.63. The van der Waals surface area contributed by atoms with Gasteiger partial charge in [-0.2, -0.15) is 0 Å². The fourth-order valence-electron chi connectivity index (χ4n) is 6.37. The summed E-state index contributed by atoms with van der Waals surface area (Å²) in [4.78, 5) is 7.65. The van der Waals surface area contributed by atoms with E-state index in [-0.39, 0.29) is 0 Å². The zero-order valence-corrected chi connectivity index (χ0v) is 26.3. The molecule has 0 fully saturated rings. The SMILES string of the molecule is c1ccc(N(c2ccc(S(c3ccccc3)(c3ccccc3)c3ccccc3)cc2)c2ccc3c(c2)sc2ccccc23)cc1. The Kier molecular flexibility index (Phi) is 7.19. The highest BCUT2D eigenvalue weighted by Gasteiger charge is 2.33. The summed E-state index contributed by atoms with van der Waals surface area (Å²) in [6.07, 6.45) is 0. The largest absolute Gasteiger partial charge is 0.310 e. The minimum atomic E-state index is -1.74. The van der Waals surface area contributed by atoms with Gasteiger partial charge in [0.1, 0.15) is 0 Å². The molecule has 0 atom stereocenters. The summed E-state index contributed by atoms with van der Waals surface area (Å²) in [6.45, 7) is 0. The topological polar surface area (TPSA) is 3.24 Å². The van der Waals surface area contributed by atoms with Gasteiger partial charge in [0.25, 0.3) is 0 Å². The van der Waals surface area contributed by atoms with Gasteiger partial charge in [-0.1, -0.05) is 97.1 Å². The van der Waals surface area contributed by atoms with Crippen LogP contribution in [0.3, 0.4) is 0 Å². The first kappa shape index (κ1) is 27.5. The Morgan fingerprint density at radius 2 is 0.756 bits per heavy atom. The van der Waals surface area contributed by atoms with Gasteiger partial charge in [0.2, 0.25) is 0 Å². The van der Waals surface area contributed by atoms with Gasteiger partial charge >= 0.3 is 0 Å². The van der Waals surface area contributed by atoms with Crippen molar-refractivity contribution in [3.05, 3.63) is 188 Å². The van der Waals surface area contributed by atoms with Gasteiger partial charge in [-0.3, -0.25) is 0 Å². The second kappa shape index (κ2) is 11.8. The molecule has 1 nitrogen and oxygen atoms in total. The van der Waals surface area contributed by atoms with Gasteiger partial charge in [-0.05, 0) is 91.0 Å². The monoisotopic (exact) mass is 613 g/mol. The molecule has 0 aliphatic carbocycles. The standard InChI is InChI=1S/C42H31NS2/c1-5-15-32(16-6-1)43(34-27-30-40-39-23-13-14-24-41(39)44-42(40)31-34)33-25-28-38(29-26-33)45(35-17-7-2-8-18-35,36-19-9-3-10-20-36)37-21-11-4-12-22-37/h1-31H. The van der Waals surface area contributed by atoms with E-state index >= 15 is 0 Å². The molecule has 0 aliphatic heterocycles. The second-order valence-electron chi connectivity index (χ2n) is 11.0. The maximum absolute atomic E-state index is 2.37. The molecule has 8 rings (SSSR count). The van der Waals surface area contributed by atoms with Gasteiger partial charge < -0.3 is 4.90 Å². The molecule has 7 aromatic carbocycles. The van der Waals surface area contributed by atoms with E-state index in [0.717, 1.165) is 17.1 Å². The number of hydrogen-bond acceptors (Lipinski definition) is 2. The number of fused-ring (bicyclic) bond motifs is 3. The van der Waals surface area contributed by atoms with Gasteiger partial charge in [0.05, 0.1) is 0 Å². The summed E-state index contributed by atoms with van der Waals surface area (Å²) in [5.41, 5.74) is 3.42. The molecule has 0 amide bonds. The Morgan fingerprint density at radius 1 is 0.333 bits per heavy atom. The van der Waals surface area contributed by atoms with Crippen molar-refractivity contribution in [3.63, 3.8) is 0 Å². The number of rotatable bonds is 7. The third kappa shape index (κ3) is 4.82. The number of nitrogens with zero attached hydrogens (tertiary/aromatic N) is 1. The fraction of sp³-hybridized carbons (Fsp3) is 0. The molecule has 1 aromatic heterocycles. The van der Waals surface area contributed by atoms with Crippen molar-refractivity contribution in [1.29, 1.82) is 0 Å². The van der Waals surface area contributed by atoms with Gasteiger partial charge in [0.15, 0.2) is 0 Å². The fourth-order valence-corrected chi connectivity index (χ4v) is 11.4. The molecule has 0 saturated heterocycles. The average molecular weight is 614 g/mol. The quantitative estimate of drug-likeness (QED) is 0.173. The Morgan fingerprint density at radius 3 is 1.33 bits per heavy atom. The van der Waals surface area contributed by atoms with E-state index in [1.165, 1.54) is 39.8 Å². The highest BCUT2D eigenvalue weighted by Crippen LogP contribution is 2.73. The summed E-state index contributed by atoms with van der Waals surface area (Å²) < 4.78 is 2.62. The number of para-hydroxylation sites is 1. The van der Waals surface area contributed by atoms with Crippen LogP contribution in [0.4, 0.5) is 17.1 Å². The van der Waals surface area contributed by atoms with Crippen molar-refractivity contribution in [2.24, 2.45) is 0 Å². The van der Waals surface area contributed by atoms with Crippen molar-refractivity contribution in [1.82, 2.24) is 0 Å². The van der Waals surface area contributed by atoms with Gasteiger partial charge in [0, 0.05) is 56.8 Å². The molecular formula is C42H31NS2. The van der Waals surface area contributed by atoms with Crippen LogP contribution >= 0.6 is 21.4 Å². The lowest BCUT2D eigenvalue weighted by Gasteiger charge is -2.42. The highest BCUT2D eigenvalue weighted by molar-refractivity contribution is 8.34. The van der Waals surface area contributed by atoms with Gasteiger partial charge in [-0.15, -0.1) is 21.4 Å². The predicted molar refractivity (Wildman–Crippen MR) is 194 cm³/mol. The van der Waals surface area contributed by atoms with Crippen molar-refractivity contribution < 1.29 is 0 Å². The van der Waals surface area contributed by atoms with E-state index in [0.29, 0.717) is 0 Å². The molecule has 0 aliphatic rings. The van der Waals surface area contributed by atoms with E-state index in [2.05, 4.69) is 193 Å². The third-order valence-corrected chi connectivity index (χ3v) is 13.4. The maximum atomic E-state index is 2.37. The first-order valence-corrected chi connectivity index (χ1v) is 17.6. The Hall–Kier alpha value is -5.09. The molecule has 0 bridgehead atoms. The zero-order valence-electron chi connectivity index (χ0n) is 24.7. The Balaban J connectivity index is 1.31. The molecule has 45 heavy (non-hydrogen) atoms.